The number of hydrogen-bond donors (Lipinski definition) is 0. The molecule has 3 nitrogen and oxygen atoms in total. The summed E-state index contributed by atoms with van der Waals surface area (Å²) in [5, 5.41) is 0. The van der Waals surface area contributed by atoms with Gasteiger partial charge in [0.25, 0.3) is 0 Å². The predicted molar refractivity (Wildman–Crippen MR) is 89.8 cm³/mol. The molecule has 1 aromatic carbocycles. The summed E-state index contributed by atoms with van der Waals surface area (Å²) in [6, 6.07) is 12.2. The van der Waals surface area contributed by atoms with Gasteiger partial charge in [-0.1, -0.05) is 22.0 Å². The number of halogens is 2. The highest BCUT2D eigenvalue weighted by Crippen LogP contribution is 2.22. The van der Waals surface area contributed by atoms with Crippen LogP contribution >= 0.6 is 27.5 Å². The molecular formula is C16H15BrClN3. The number of hydrogen-bond acceptors (Lipinski definition) is 2. The quantitative estimate of drug-likeness (QED) is 0.635. The molecule has 108 valence electrons. The molecule has 0 aliphatic carbocycles. The Morgan fingerprint density at radius 3 is 2.81 bits per heavy atom. The van der Waals surface area contributed by atoms with Crippen LogP contribution < -0.4 is 0 Å². The van der Waals surface area contributed by atoms with Crippen molar-refractivity contribution >= 4 is 38.6 Å². The molecule has 0 radical (unpaired) electrons. The molecule has 0 aliphatic heterocycles. The van der Waals surface area contributed by atoms with Crippen molar-refractivity contribution in [2.75, 3.05) is 5.88 Å². The van der Waals surface area contributed by atoms with Gasteiger partial charge in [0, 0.05) is 41.6 Å². The van der Waals surface area contributed by atoms with Gasteiger partial charge in [-0.25, -0.2) is 4.98 Å². The lowest BCUT2D eigenvalue weighted by Gasteiger charge is -2.08. The number of rotatable bonds is 5. The minimum Gasteiger partial charge on any atom is -0.328 e. The standard InChI is InChI=1S/C16H15BrClN3/c17-12-4-5-14-15(11-12)21(16(20-14)6-8-18)10-7-13-3-1-2-9-19-13/h1-5,9,11H,6-8,10H2. The monoisotopic (exact) mass is 363 g/mol. The minimum absolute atomic E-state index is 0.577. The highest BCUT2D eigenvalue weighted by Gasteiger charge is 2.11. The molecule has 0 N–H and O–H groups in total. The van der Waals surface area contributed by atoms with Crippen molar-refractivity contribution in [3.63, 3.8) is 0 Å². The van der Waals surface area contributed by atoms with Gasteiger partial charge in [0.15, 0.2) is 0 Å². The second-order valence-corrected chi connectivity index (χ2v) is 6.12. The van der Waals surface area contributed by atoms with Gasteiger partial charge in [-0.15, -0.1) is 11.6 Å². The van der Waals surface area contributed by atoms with E-state index in [2.05, 4.69) is 37.6 Å². The lowest BCUT2D eigenvalue weighted by molar-refractivity contribution is 0.666. The molecule has 0 saturated heterocycles. The van der Waals surface area contributed by atoms with Gasteiger partial charge < -0.3 is 4.57 Å². The molecule has 0 atom stereocenters. The summed E-state index contributed by atoms with van der Waals surface area (Å²) in [6.45, 7) is 0.857. The fourth-order valence-electron chi connectivity index (χ4n) is 2.44. The van der Waals surface area contributed by atoms with Crippen LogP contribution in [0.25, 0.3) is 11.0 Å². The van der Waals surface area contributed by atoms with Crippen LogP contribution in [0.5, 0.6) is 0 Å². The fourth-order valence-corrected chi connectivity index (χ4v) is 2.96. The molecule has 21 heavy (non-hydrogen) atoms. The van der Waals surface area contributed by atoms with Crippen molar-refractivity contribution in [1.82, 2.24) is 14.5 Å². The molecule has 3 aromatic rings. The van der Waals surface area contributed by atoms with Crippen LogP contribution in [0.3, 0.4) is 0 Å². The summed E-state index contributed by atoms with van der Waals surface area (Å²) in [5.41, 5.74) is 3.24. The molecule has 5 heteroatoms. The summed E-state index contributed by atoms with van der Waals surface area (Å²) in [5.74, 6) is 1.61. The fraction of sp³-hybridized carbons (Fsp3) is 0.250. The third kappa shape index (κ3) is 3.27. The Hall–Kier alpha value is -1.39. The third-order valence-electron chi connectivity index (χ3n) is 3.43. The molecule has 0 spiro atoms. The first-order valence-electron chi connectivity index (χ1n) is 6.88. The second kappa shape index (κ2) is 6.58. The number of imidazole rings is 1. The van der Waals surface area contributed by atoms with Crippen molar-refractivity contribution in [2.45, 2.75) is 19.4 Å². The van der Waals surface area contributed by atoms with Crippen LogP contribution in [0.15, 0.2) is 47.1 Å². The Labute approximate surface area is 137 Å². The Morgan fingerprint density at radius 2 is 2.05 bits per heavy atom. The summed E-state index contributed by atoms with van der Waals surface area (Å²) in [7, 11) is 0. The van der Waals surface area contributed by atoms with Crippen molar-refractivity contribution in [1.29, 1.82) is 0 Å². The van der Waals surface area contributed by atoms with Crippen LogP contribution in [-0.2, 0) is 19.4 Å². The number of alkyl halides is 1. The molecule has 0 bridgehead atoms. The number of fused-ring (bicyclic) bond motifs is 1. The van der Waals surface area contributed by atoms with E-state index < -0.39 is 0 Å². The SMILES string of the molecule is ClCCc1nc2ccc(Br)cc2n1CCc1ccccn1. The maximum Gasteiger partial charge on any atom is 0.111 e. The van der Waals surface area contributed by atoms with E-state index in [1.165, 1.54) is 0 Å². The zero-order chi connectivity index (χ0) is 14.7. The number of benzene rings is 1. The van der Waals surface area contributed by atoms with Crippen molar-refractivity contribution < 1.29 is 0 Å². The first-order chi connectivity index (χ1) is 10.3. The van der Waals surface area contributed by atoms with Crippen LogP contribution in [0, 0.1) is 0 Å². The van der Waals surface area contributed by atoms with Crippen LogP contribution in [0.1, 0.15) is 11.5 Å². The van der Waals surface area contributed by atoms with Crippen molar-refractivity contribution in [3.05, 3.63) is 58.6 Å². The third-order valence-corrected chi connectivity index (χ3v) is 4.11. The largest absolute Gasteiger partial charge is 0.328 e. The van der Waals surface area contributed by atoms with Crippen LogP contribution in [0.4, 0.5) is 0 Å². The van der Waals surface area contributed by atoms with E-state index >= 15 is 0 Å². The highest BCUT2D eigenvalue weighted by atomic mass is 79.9. The Bertz CT molecular complexity index is 740. The first kappa shape index (κ1) is 14.5. The number of aromatic nitrogens is 3. The molecule has 0 amide bonds. The van der Waals surface area contributed by atoms with Gasteiger partial charge in [0.05, 0.1) is 11.0 Å². The molecule has 2 heterocycles. The van der Waals surface area contributed by atoms with E-state index in [9.17, 15) is 0 Å². The van der Waals surface area contributed by atoms with Crippen molar-refractivity contribution in [3.8, 4) is 0 Å². The lowest BCUT2D eigenvalue weighted by atomic mass is 10.2. The second-order valence-electron chi connectivity index (χ2n) is 4.82. The highest BCUT2D eigenvalue weighted by molar-refractivity contribution is 9.10. The number of nitrogens with zero attached hydrogens (tertiary/aromatic N) is 3. The summed E-state index contributed by atoms with van der Waals surface area (Å²) < 4.78 is 3.31. The first-order valence-corrected chi connectivity index (χ1v) is 8.21. The molecule has 2 aromatic heterocycles. The van der Waals surface area contributed by atoms with Crippen LogP contribution in [0.2, 0.25) is 0 Å². The molecule has 0 unspecified atom stereocenters. The number of pyridine rings is 1. The maximum absolute atomic E-state index is 5.91. The van der Waals surface area contributed by atoms with E-state index in [1.807, 2.05) is 30.5 Å². The van der Waals surface area contributed by atoms with E-state index in [4.69, 9.17) is 16.6 Å². The molecule has 3 rings (SSSR count). The smallest absolute Gasteiger partial charge is 0.111 e. The topological polar surface area (TPSA) is 30.7 Å². The molecule has 0 aliphatic rings. The maximum atomic E-state index is 5.91. The Morgan fingerprint density at radius 1 is 1.14 bits per heavy atom. The van der Waals surface area contributed by atoms with Crippen LogP contribution in [-0.4, -0.2) is 20.4 Å². The van der Waals surface area contributed by atoms with Gasteiger partial charge >= 0.3 is 0 Å². The van der Waals surface area contributed by atoms with Gasteiger partial charge in [-0.3, -0.25) is 4.98 Å². The summed E-state index contributed by atoms with van der Waals surface area (Å²) >= 11 is 9.44. The normalized spacial score (nSPS) is 11.1. The zero-order valence-corrected chi connectivity index (χ0v) is 13.8. The van der Waals surface area contributed by atoms with E-state index in [-0.39, 0.29) is 0 Å². The Kier molecular flexibility index (Phi) is 4.56. The van der Waals surface area contributed by atoms with Crippen molar-refractivity contribution in [2.24, 2.45) is 0 Å². The zero-order valence-electron chi connectivity index (χ0n) is 11.5. The summed E-state index contributed by atoms with van der Waals surface area (Å²) in [6.07, 6.45) is 3.49. The average Bonchev–Trinajstić information content (AvgIpc) is 2.83. The van der Waals surface area contributed by atoms with Gasteiger partial charge in [-0.05, 0) is 30.3 Å². The molecule has 0 saturated carbocycles. The van der Waals surface area contributed by atoms with Gasteiger partial charge in [0.2, 0.25) is 0 Å². The lowest BCUT2D eigenvalue weighted by Crippen LogP contribution is -2.07. The minimum atomic E-state index is 0.577. The van der Waals surface area contributed by atoms with E-state index in [0.29, 0.717) is 5.88 Å². The predicted octanol–water partition coefficient (Wildman–Crippen LogP) is 4.22. The van der Waals surface area contributed by atoms with E-state index in [0.717, 1.165) is 46.4 Å². The summed E-state index contributed by atoms with van der Waals surface area (Å²) in [4.78, 5) is 9.08. The molecule has 0 fully saturated rings. The Balaban J connectivity index is 1.94. The molecular weight excluding hydrogens is 350 g/mol. The van der Waals surface area contributed by atoms with Gasteiger partial charge in [-0.2, -0.15) is 0 Å². The van der Waals surface area contributed by atoms with E-state index in [1.54, 1.807) is 0 Å². The number of aryl methyl sites for hydroxylation is 3. The average molecular weight is 365 g/mol. The van der Waals surface area contributed by atoms with Gasteiger partial charge in [0.1, 0.15) is 5.82 Å².